The second kappa shape index (κ2) is 8.05. The molecule has 0 aliphatic rings. The summed E-state index contributed by atoms with van der Waals surface area (Å²) in [4.78, 5) is 14.2. The minimum absolute atomic E-state index is 0.248. The summed E-state index contributed by atoms with van der Waals surface area (Å²) in [6.45, 7) is 12.6. The van der Waals surface area contributed by atoms with Crippen LogP contribution in [0, 0.1) is 0 Å². The SMILES string of the molecule is CC(C)(C)N(C(=O)OCCCc1ccc(CCl)cc1)C(C)(C)C. The molecule has 0 unspecified atom stereocenters. The van der Waals surface area contributed by atoms with E-state index in [0.29, 0.717) is 12.5 Å². The first kappa shape index (κ1) is 19.8. The van der Waals surface area contributed by atoms with Gasteiger partial charge in [-0.3, -0.25) is 4.90 Å². The Kier molecular flexibility index (Phi) is 6.94. The smallest absolute Gasteiger partial charge is 0.410 e. The average molecular weight is 340 g/mol. The van der Waals surface area contributed by atoms with Crippen LogP contribution in [0.15, 0.2) is 24.3 Å². The number of benzene rings is 1. The summed E-state index contributed by atoms with van der Waals surface area (Å²) in [5, 5.41) is 0. The number of ether oxygens (including phenoxy) is 1. The summed E-state index contributed by atoms with van der Waals surface area (Å²) in [5.74, 6) is 0.535. The van der Waals surface area contributed by atoms with Gasteiger partial charge in [-0.25, -0.2) is 4.79 Å². The Labute approximate surface area is 146 Å². The third kappa shape index (κ3) is 6.42. The van der Waals surface area contributed by atoms with Crippen molar-refractivity contribution in [1.29, 1.82) is 0 Å². The van der Waals surface area contributed by atoms with Crippen molar-refractivity contribution in [2.24, 2.45) is 0 Å². The highest BCUT2D eigenvalue weighted by Gasteiger charge is 2.36. The largest absolute Gasteiger partial charge is 0.449 e. The lowest BCUT2D eigenvalue weighted by Crippen LogP contribution is -2.55. The van der Waals surface area contributed by atoms with Crippen molar-refractivity contribution in [2.45, 2.75) is 71.3 Å². The van der Waals surface area contributed by atoms with Crippen LogP contribution < -0.4 is 0 Å². The fourth-order valence-electron chi connectivity index (χ4n) is 2.85. The van der Waals surface area contributed by atoms with Gasteiger partial charge < -0.3 is 4.74 Å². The molecule has 0 aromatic heterocycles. The minimum Gasteiger partial charge on any atom is -0.449 e. The predicted octanol–water partition coefficient (Wildman–Crippen LogP) is 5.39. The fourth-order valence-corrected chi connectivity index (χ4v) is 3.03. The molecular weight excluding hydrogens is 310 g/mol. The topological polar surface area (TPSA) is 29.5 Å². The number of carbonyl (C=O) groups is 1. The highest BCUT2D eigenvalue weighted by Crippen LogP contribution is 2.25. The van der Waals surface area contributed by atoms with Gasteiger partial charge in [0.25, 0.3) is 0 Å². The molecule has 1 rings (SSSR count). The maximum Gasteiger partial charge on any atom is 0.410 e. The van der Waals surface area contributed by atoms with Gasteiger partial charge in [0.05, 0.1) is 6.61 Å². The third-order valence-electron chi connectivity index (χ3n) is 3.54. The second-order valence-corrected chi connectivity index (χ2v) is 8.11. The molecule has 0 N–H and O–H groups in total. The Hall–Kier alpha value is -1.22. The monoisotopic (exact) mass is 339 g/mol. The molecule has 3 nitrogen and oxygen atoms in total. The Bertz CT molecular complexity index is 484. The van der Waals surface area contributed by atoms with E-state index >= 15 is 0 Å². The van der Waals surface area contributed by atoms with Gasteiger partial charge in [0, 0.05) is 17.0 Å². The van der Waals surface area contributed by atoms with Crippen LogP contribution in [-0.4, -0.2) is 28.7 Å². The fraction of sp³-hybridized carbons (Fsp3) is 0.632. The van der Waals surface area contributed by atoms with Gasteiger partial charge in [0.1, 0.15) is 0 Å². The van der Waals surface area contributed by atoms with Crippen LogP contribution in [0.5, 0.6) is 0 Å². The first-order valence-corrected chi connectivity index (χ1v) is 8.70. The number of hydrogen-bond acceptors (Lipinski definition) is 2. The molecule has 0 fully saturated rings. The van der Waals surface area contributed by atoms with Gasteiger partial charge in [-0.2, -0.15) is 0 Å². The molecule has 130 valence electrons. The van der Waals surface area contributed by atoms with Crippen LogP contribution >= 0.6 is 11.6 Å². The molecule has 0 saturated heterocycles. The van der Waals surface area contributed by atoms with E-state index in [2.05, 4.69) is 12.1 Å². The molecule has 0 saturated carbocycles. The molecule has 4 heteroatoms. The summed E-state index contributed by atoms with van der Waals surface area (Å²) in [5.41, 5.74) is 1.81. The zero-order valence-electron chi connectivity index (χ0n) is 15.3. The van der Waals surface area contributed by atoms with Crippen LogP contribution in [0.25, 0.3) is 0 Å². The summed E-state index contributed by atoms with van der Waals surface area (Å²) < 4.78 is 5.49. The van der Waals surface area contributed by atoms with Crippen molar-refractivity contribution >= 4 is 17.7 Å². The lowest BCUT2D eigenvalue weighted by molar-refractivity contribution is 0.0202. The Balaban J connectivity index is 2.48. The van der Waals surface area contributed by atoms with Gasteiger partial charge >= 0.3 is 6.09 Å². The van der Waals surface area contributed by atoms with E-state index in [1.165, 1.54) is 5.56 Å². The molecule has 0 atom stereocenters. The Morgan fingerprint density at radius 1 is 1.00 bits per heavy atom. The maximum absolute atomic E-state index is 12.4. The van der Waals surface area contributed by atoms with E-state index in [-0.39, 0.29) is 17.2 Å². The number of rotatable bonds is 5. The Morgan fingerprint density at radius 3 is 1.91 bits per heavy atom. The number of halogens is 1. The summed E-state index contributed by atoms with van der Waals surface area (Å²) in [6.07, 6.45) is 1.46. The van der Waals surface area contributed by atoms with E-state index in [1.54, 1.807) is 4.90 Å². The van der Waals surface area contributed by atoms with Crippen molar-refractivity contribution in [2.75, 3.05) is 6.61 Å². The first-order valence-electron chi connectivity index (χ1n) is 8.16. The summed E-state index contributed by atoms with van der Waals surface area (Å²) in [7, 11) is 0. The molecular formula is C19H30ClNO2. The standard InChI is InChI=1S/C19H30ClNO2/c1-18(2,3)21(19(4,5)6)17(22)23-13-7-8-15-9-11-16(14-20)12-10-15/h9-12H,7-8,13-14H2,1-6H3. The summed E-state index contributed by atoms with van der Waals surface area (Å²) >= 11 is 5.78. The number of hydrogen-bond donors (Lipinski definition) is 0. The van der Waals surface area contributed by atoms with Crippen LogP contribution in [0.1, 0.15) is 59.1 Å². The highest BCUT2D eigenvalue weighted by molar-refractivity contribution is 6.17. The van der Waals surface area contributed by atoms with E-state index in [4.69, 9.17) is 16.3 Å². The minimum atomic E-state index is -0.271. The molecule has 0 bridgehead atoms. The van der Waals surface area contributed by atoms with E-state index in [9.17, 15) is 4.79 Å². The van der Waals surface area contributed by atoms with Crippen LogP contribution in [-0.2, 0) is 17.0 Å². The molecule has 0 spiro atoms. The number of nitrogens with zero attached hydrogens (tertiary/aromatic N) is 1. The van der Waals surface area contributed by atoms with E-state index in [0.717, 1.165) is 18.4 Å². The number of aryl methyl sites for hydroxylation is 1. The quantitative estimate of drug-likeness (QED) is 0.531. The molecule has 0 aliphatic heterocycles. The van der Waals surface area contributed by atoms with Crippen LogP contribution in [0.2, 0.25) is 0 Å². The van der Waals surface area contributed by atoms with Crippen LogP contribution in [0.3, 0.4) is 0 Å². The Morgan fingerprint density at radius 2 is 1.48 bits per heavy atom. The average Bonchev–Trinajstić information content (AvgIpc) is 2.41. The zero-order valence-corrected chi connectivity index (χ0v) is 16.0. The maximum atomic E-state index is 12.4. The lowest BCUT2D eigenvalue weighted by Gasteiger charge is -2.44. The molecule has 1 aromatic carbocycles. The molecule has 1 aromatic rings. The third-order valence-corrected chi connectivity index (χ3v) is 3.85. The van der Waals surface area contributed by atoms with Gasteiger partial charge in [-0.05, 0) is 65.5 Å². The van der Waals surface area contributed by atoms with Crippen molar-refractivity contribution in [3.63, 3.8) is 0 Å². The van der Waals surface area contributed by atoms with Gasteiger partial charge in [-0.1, -0.05) is 24.3 Å². The predicted molar refractivity (Wildman–Crippen MR) is 97.0 cm³/mol. The lowest BCUT2D eigenvalue weighted by atomic mass is 9.97. The van der Waals surface area contributed by atoms with Crippen molar-refractivity contribution in [3.8, 4) is 0 Å². The molecule has 0 heterocycles. The molecule has 0 aliphatic carbocycles. The molecule has 1 amide bonds. The van der Waals surface area contributed by atoms with Crippen LogP contribution in [0.4, 0.5) is 4.79 Å². The van der Waals surface area contributed by atoms with Gasteiger partial charge in [0.2, 0.25) is 0 Å². The zero-order chi connectivity index (χ0) is 17.7. The summed E-state index contributed by atoms with van der Waals surface area (Å²) in [6, 6.07) is 8.23. The highest BCUT2D eigenvalue weighted by atomic mass is 35.5. The van der Waals surface area contributed by atoms with Crippen molar-refractivity contribution < 1.29 is 9.53 Å². The van der Waals surface area contributed by atoms with E-state index < -0.39 is 0 Å². The number of amides is 1. The molecule has 23 heavy (non-hydrogen) atoms. The van der Waals surface area contributed by atoms with E-state index in [1.807, 2.05) is 53.7 Å². The van der Waals surface area contributed by atoms with Crippen molar-refractivity contribution in [3.05, 3.63) is 35.4 Å². The van der Waals surface area contributed by atoms with Gasteiger partial charge in [0.15, 0.2) is 0 Å². The normalized spacial score (nSPS) is 12.1. The van der Waals surface area contributed by atoms with Gasteiger partial charge in [-0.15, -0.1) is 11.6 Å². The second-order valence-electron chi connectivity index (χ2n) is 7.85. The first-order chi connectivity index (χ1) is 10.6. The van der Waals surface area contributed by atoms with Crippen molar-refractivity contribution in [1.82, 2.24) is 4.90 Å². The molecule has 0 radical (unpaired) electrons. The number of alkyl halides is 1. The number of carbonyl (C=O) groups excluding carboxylic acids is 1.